The summed E-state index contributed by atoms with van der Waals surface area (Å²) in [6.07, 6.45) is 0.884. The van der Waals surface area contributed by atoms with Gasteiger partial charge in [-0.3, -0.25) is 4.79 Å². The molecule has 1 N–H and O–H groups in total. The number of hydrogen-bond donors (Lipinski definition) is 1. The molecule has 0 bridgehead atoms. The smallest absolute Gasteiger partial charge is 0.224 e. The summed E-state index contributed by atoms with van der Waals surface area (Å²) in [5, 5.41) is 4.45. The van der Waals surface area contributed by atoms with Crippen molar-refractivity contribution in [3.8, 4) is 0 Å². The Morgan fingerprint density at radius 1 is 1.55 bits per heavy atom. The lowest BCUT2D eigenvalue weighted by molar-refractivity contribution is -0.123. The van der Waals surface area contributed by atoms with Crippen molar-refractivity contribution in [3.63, 3.8) is 0 Å². The van der Waals surface area contributed by atoms with Crippen LogP contribution in [-0.4, -0.2) is 31.0 Å². The predicted molar refractivity (Wildman–Crippen MR) is 83.8 cm³/mol. The highest BCUT2D eigenvalue weighted by Crippen LogP contribution is 2.35. The lowest BCUT2D eigenvalue weighted by Gasteiger charge is -2.14. The number of aromatic nitrogens is 1. The van der Waals surface area contributed by atoms with Crippen molar-refractivity contribution in [3.05, 3.63) is 22.7 Å². The number of nitrogens with zero attached hydrogens (tertiary/aromatic N) is 2. The largest absolute Gasteiger partial charge is 0.359 e. The normalized spacial score (nSPS) is 18.8. The Labute approximate surface area is 126 Å². The molecule has 1 saturated heterocycles. The highest BCUT2D eigenvalue weighted by Gasteiger charge is 2.29. The average Bonchev–Trinajstić information content (AvgIpc) is 3.03. The molecule has 20 heavy (non-hydrogen) atoms. The van der Waals surface area contributed by atoms with Gasteiger partial charge in [0.15, 0.2) is 5.13 Å². The topological polar surface area (TPSA) is 45.2 Å². The van der Waals surface area contributed by atoms with Crippen LogP contribution in [0.15, 0.2) is 12.1 Å². The van der Waals surface area contributed by atoms with Gasteiger partial charge >= 0.3 is 0 Å². The molecule has 1 aromatic heterocycles. The highest BCUT2D eigenvalue weighted by molar-refractivity contribution is 7.22. The van der Waals surface area contributed by atoms with Gasteiger partial charge in [0.25, 0.3) is 0 Å². The molecule has 4 nitrogen and oxygen atoms in total. The number of halogens is 1. The maximum Gasteiger partial charge on any atom is 0.224 e. The number of rotatable bonds is 2. The molecule has 1 aromatic carbocycles. The van der Waals surface area contributed by atoms with Crippen LogP contribution in [0.3, 0.4) is 0 Å². The molecule has 1 atom stereocenters. The van der Waals surface area contributed by atoms with Crippen LogP contribution >= 0.6 is 22.9 Å². The van der Waals surface area contributed by atoms with Gasteiger partial charge in [0.2, 0.25) is 5.91 Å². The number of carbonyl (C=O) groups excluding carboxylic acids is 1. The fourth-order valence-corrected chi connectivity index (χ4v) is 4.09. The van der Waals surface area contributed by atoms with Crippen LogP contribution in [0.4, 0.5) is 5.13 Å². The molecular formula is C14H16ClN3OS. The molecular weight excluding hydrogens is 294 g/mol. The molecule has 0 saturated carbocycles. The van der Waals surface area contributed by atoms with Gasteiger partial charge in [0.05, 0.1) is 16.1 Å². The number of amides is 1. The molecule has 1 aliphatic rings. The predicted octanol–water partition coefficient (Wildman–Crippen LogP) is 2.83. The van der Waals surface area contributed by atoms with E-state index in [9.17, 15) is 4.79 Å². The van der Waals surface area contributed by atoms with Crippen molar-refractivity contribution in [2.24, 2.45) is 5.92 Å². The van der Waals surface area contributed by atoms with Crippen molar-refractivity contribution in [1.29, 1.82) is 0 Å². The van der Waals surface area contributed by atoms with E-state index in [1.165, 1.54) is 0 Å². The van der Waals surface area contributed by atoms with Gasteiger partial charge in [-0.05, 0) is 31.0 Å². The summed E-state index contributed by atoms with van der Waals surface area (Å²) < 4.78 is 1.10. The Balaban J connectivity index is 1.88. The number of nitrogens with one attached hydrogen (secondary N) is 1. The Morgan fingerprint density at radius 3 is 3.10 bits per heavy atom. The van der Waals surface area contributed by atoms with Gasteiger partial charge in [0.1, 0.15) is 0 Å². The van der Waals surface area contributed by atoms with E-state index in [4.69, 9.17) is 16.6 Å². The number of benzene rings is 1. The Bertz CT molecular complexity index is 670. The first kappa shape index (κ1) is 13.6. The van der Waals surface area contributed by atoms with Crippen LogP contribution in [-0.2, 0) is 4.79 Å². The van der Waals surface area contributed by atoms with E-state index in [1.54, 1.807) is 18.4 Å². The zero-order valence-corrected chi connectivity index (χ0v) is 13.0. The van der Waals surface area contributed by atoms with Crippen LogP contribution in [0.1, 0.15) is 12.0 Å². The second-order valence-corrected chi connectivity index (χ2v) is 6.56. The summed E-state index contributed by atoms with van der Waals surface area (Å²) >= 11 is 7.73. The van der Waals surface area contributed by atoms with Gasteiger partial charge in [-0.25, -0.2) is 4.98 Å². The number of thiazole rings is 1. The van der Waals surface area contributed by atoms with E-state index in [0.29, 0.717) is 0 Å². The van der Waals surface area contributed by atoms with Crippen LogP contribution in [0.25, 0.3) is 10.2 Å². The number of hydrogen-bond acceptors (Lipinski definition) is 4. The molecule has 0 aliphatic carbocycles. The highest BCUT2D eigenvalue weighted by atomic mass is 35.5. The minimum absolute atomic E-state index is 0.0664. The van der Waals surface area contributed by atoms with Crippen LogP contribution in [0.5, 0.6) is 0 Å². The molecule has 1 fully saturated rings. The third-order valence-corrected chi connectivity index (χ3v) is 5.00. The summed E-state index contributed by atoms with van der Waals surface area (Å²) in [5.74, 6) is 0.185. The first-order chi connectivity index (χ1) is 9.58. The minimum atomic E-state index is 0.0664. The summed E-state index contributed by atoms with van der Waals surface area (Å²) in [5.41, 5.74) is 2.11. The number of aryl methyl sites for hydroxylation is 1. The molecule has 0 spiro atoms. The van der Waals surface area contributed by atoms with E-state index >= 15 is 0 Å². The molecule has 2 aromatic rings. The Morgan fingerprint density at radius 2 is 2.35 bits per heavy atom. The van der Waals surface area contributed by atoms with Crippen molar-refractivity contribution in [2.45, 2.75) is 13.3 Å². The maximum atomic E-state index is 11.7. The van der Waals surface area contributed by atoms with Gasteiger partial charge in [-0.1, -0.05) is 22.9 Å². The third-order valence-electron chi connectivity index (χ3n) is 3.71. The molecule has 1 aliphatic heterocycles. The summed E-state index contributed by atoms with van der Waals surface area (Å²) in [6, 6.07) is 3.89. The van der Waals surface area contributed by atoms with E-state index in [2.05, 4.69) is 10.2 Å². The molecule has 106 valence electrons. The Hall–Kier alpha value is -1.33. The average molecular weight is 310 g/mol. The van der Waals surface area contributed by atoms with E-state index in [0.717, 1.165) is 45.4 Å². The van der Waals surface area contributed by atoms with Gasteiger partial charge in [-0.15, -0.1) is 0 Å². The van der Waals surface area contributed by atoms with Crippen molar-refractivity contribution in [2.75, 3.05) is 25.0 Å². The first-order valence-electron chi connectivity index (χ1n) is 6.61. The molecule has 0 radical (unpaired) electrons. The monoisotopic (exact) mass is 309 g/mol. The third kappa shape index (κ3) is 2.36. The molecule has 2 heterocycles. The van der Waals surface area contributed by atoms with E-state index in [1.807, 2.05) is 19.1 Å². The van der Waals surface area contributed by atoms with Crippen molar-refractivity contribution < 1.29 is 4.79 Å². The number of anilines is 1. The SMILES string of the molecule is CNC(=O)C1CCN(c2nc3c(C)cc(Cl)cc3s2)C1. The lowest BCUT2D eigenvalue weighted by atomic mass is 10.1. The molecule has 6 heteroatoms. The summed E-state index contributed by atoms with van der Waals surface area (Å²) in [6.45, 7) is 3.64. The second-order valence-electron chi connectivity index (χ2n) is 5.11. The molecule has 3 rings (SSSR count). The zero-order valence-electron chi connectivity index (χ0n) is 11.4. The number of carbonyl (C=O) groups is 1. The van der Waals surface area contributed by atoms with Crippen LogP contribution in [0, 0.1) is 12.8 Å². The quantitative estimate of drug-likeness (QED) is 0.928. The summed E-state index contributed by atoms with van der Waals surface area (Å²) in [4.78, 5) is 18.6. The second kappa shape index (κ2) is 5.22. The van der Waals surface area contributed by atoms with E-state index < -0.39 is 0 Å². The fraction of sp³-hybridized carbons (Fsp3) is 0.429. The maximum absolute atomic E-state index is 11.7. The molecule has 1 amide bonds. The number of fused-ring (bicyclic) bond motifs is 1. The van der Waals surface area contributed by atoms with Gasteiger partial charge < -0.3 is 10.2 Å². The first-order valence-corrected chi connectivity index (χ1v) is 7.81. The van der Waals surface area contributed by atoms with E-state index in [-0.39, 0.29) is 11.8 Å². The van der Waals surface area contributed by atoms with Gasteiger partial charge in [0, 0.05) is 25.2 Å². The molecule has 1 unspecified atom stereocenters. The fourth-order valence-electron chi connectivity index (χ4n) is 2.63. The summed E-state index contributed by atoms with van der Waals surface area (Å²) in [7, 11) is 1.69. The van der Waals surface area contributed by atoms with Gasteiger partial charge in [-0.2, -0.15) is 0 Å². The van der Waals surface area contributed by atoms with Crippen LogP contribution < -0.4 is 10.2 Å². The zero-order chi connectivity index (χ0) is 14.3. The van der Waals surface area contributed by atoms with Crippen molar-refractivity contribution in [1.82, 2.24) is 10.3 Å². The standard InChI is InChI=1S/C14H16ClN3OS/c1-8-5-10(15)6-11-12(8)17-14(20-11)18-4-3-9(7-18)13(19)16-2/h5-6,9H,3-4,7H2,1-2H3,(H,16,19). The minimum Gasteiger partial charge on any atom is -0.359 e. The van der Waals surface area contributed by atoms with Crippen LogP contribution in [0.2, 0.25) is 5.02 Å². The lowest BCUT2D eigenvalue weighted by Crippen LogP contribution is -2.30. The Kier molecular flexibility index (Phi) is 3.56. The van der Waals surface area contributed by atoms with Crippen molar-refractivity contribution >= 4 is 44.2 Å².